The van der Waals surface area contributed by atoms with Crippen LogP contribution in [0.3, 0.4) is 0 Å². The number of likely N-dealkylation sites (N-methyl/N-ethyl adjacent to an activating group) is 1. The first-order valence-electron chi connectivity index (χ1n) is 13.1. The van der Waals surface area contributed by atoms with Gasteiger partial charge in [-0.2, -0.15) is 4.31 Å². The molecule has 1 aromatic carbocycles. The molecule has 12 heteroatoms. The average Bonchev–Trinajstić information content (AvgIpc) is 3.46. The SMILES string of the molecule is CNC(C)C(=O)NC(C(=O)N1CCC2C1C(C(=O)Nc1cccc3ccncc13)CN2S(C)(=O)=O)C(C)(C)C. The Kier molecular flexibility index (Phi) is 8.02. The van der Waals surface area contributed by atoms with Crippen molar-refractivity contribution < 1.29 is 22.8 Å². The number of nitrogens with one attached hydrogen (secondary N) is 3. The number of fused-ring (bicyclic) bond motifs is 2. The molecule has 2 saturated heterocycles. The predicted molar refractivity (Wildman–Crippen MR) is 149 cm³/mol. The Bertz CT molecular complexity index is 1370. The Morgan fingerprint density at radius 2 is 1.87 bits per heavy atom. The van der Waals surface area contributed by atoms with Crippen LogP contribution in [0.1, 0.15) is 34.1 Å². The third-order valence-electron chi connectivity index (χ3n) is 7.79. The van der Waals surface area contributed by atoms with Crippen LogP contribution in [0.25, 0.3) is 10.8 Å². The standard InChI is InChI=1S/C27H38N6O5S/c1-16(28-5)24(34)31-23(27(2,3)4)26(36)32-13-11-21-22(32)19(15-33(21)39(6,37)38)25(35)30-20-9-7-8-17-10-12-29-14-18(17)20/h7-10,12,14,16,19,21-23,28H,11,13,15H2,1-6H3,(H,30,35)(H,31,34). The van der Waals surface area contributed by atoms with Crippen LogP contribution in [-0.2, 0) is 24.4 Å². The van der Waals surface area contributed by atoms with Crippen molar-refractivity contribution in [1.29, 1.82) is 0 Å². The third kappa shape index (κ3) is 5.78. The number of amides is 3. The number of pyridine rings is 1. The van der Waals surface area contributed by atoms with Crippen molar-refractivity contribution in [3.8, 4) is 0 Å². The minimum Gasteiger partial charge on any atom is -0.342 e. The molecule has 0 bridgehead atoms. The Morgan fingerprint density at radius 1 is 1.15 bits per heavy atom. The van der Waals surface area contributed by atoms with E-state index >= 15 is 0 Å². The highest BCUT2D eigenvalue weighted by molar-refractivity contribution is 7.88. The summed E-state index contributed by atoms with van der Waals surface area (Å²) in [5.74, 6) is -1.80. The van der Waals surface area contributed by atoms with Gasteiger partial charge in [-0.25, -0.2) is 8.42 Å². The summed E-state index contributed by atoms with van der Waals surface area (Å²) in [6, 6.07) is 4.80. The van der Waals surface area contributed by atoms with Crippen LogP contribution in [-0.4, -0.2) is 90.9 Å². The fourth-order valence-electron chi connectivity index (χ4n) is 5.57. The molecule has 0 aliphatic carbocycles. The van der Waals surface area contributed by atoms with Crippen molar-refractivity contribution in [3.05, 3.63) is 36.7 Å². The Balaban J connectivity index is 1.66. The molecule has 2 aliphatic heterocycles. The van der Waals surface area contributed by atoms with Crippen LogP contribution in [0.5, 0.6) is 0 Å². The molecule has 212 valence electrons. The fourth-order valence-corrected chi connectivity index (χ4v) is 6.73. The highest BCUT2D eigenvalue weighted by Crippen LogP contribution is 2.39. The lowest BCUT2D eigenvalue weighted by molar-refractivity contribution is -0.141. The average molecular weight is 559 g/mol. The van der Waals surface area contributed by atoms with Gasteiger partial charge in [-0.1, -0.05) is 32.9 Å². The molecule has 2 aromatic rings. The van der Waals surface area contributed by atoms with E-state index in [0.717, 1.165) is 17.0 Å². The van der Waals surface area contributed by atoms with Gasteiger partial charge in [0.1, 0.15) is 6.04 Å². The highest BCUT2D eigenvalue weighted by atomic mass is 32.2. The number of carbonyl (C=O) groups excluding carboxylic acids is 3. The maximum absolute atomic E-state index is 14.0. The van der Waals surface area contributed by atoms with E-state index in [1.54, 1.807) is 37.3 Å². The van der Waals surface area contributed by atoms with E-state index in [1.165, 1.54) is 4.31 Å². The molecule has 3 N–H and O–H groups in total. The molecule has 4 rings (SSSR count). The first-order valence-corrected chi connectivity index (χ1v) is 15.0. The first-order chi connectivity index (χ1) is 18.2. The topological polar surface area (TPSA) is 141 Å². The molecule has 2 aliphatic rings. The lowest BCUT2D eigenvalue weighted by Crippen LogP contribution is -2.59. The molecule has 0 spiro atoms. The van der Waals surface area contributed by atoms with Crippen LogP contribution in [0, 0.1) is 11.3 Å². The van der Waals surface area contributed by atoms with Crippen molar-refractivity contribution in [2.24, 2.45) is 11.3 Å². The Labute approximate surface area is 229 Å². The lowest BCUT2D eigenvalue weighted by Gasteiger charge is -2.37. The van der Waals surface area contributed by atoms with Crippen LogP contribution in [0.2, 0.25) is 0 Å². The first kappa shape index (κ1) is 28.9. The van der Waals surface area contributed by atoms with E-state index in [2.05, 4.69) is 20.9 Å². The largest absolute Gasteiger partial charge is 0.342 e. The summed E-state index contributed by atoms with van der Waals surface area (Å²) >= 11 is 0. The molecule has 3 amide bonds. The quantitative estimate of drug-likeness (QED) is 0.463. The summed E-state index contributed by atoms with van der Waals surface area (Å²) in [6.07, 6.45) is 4.87. The van der Waals surface area contributed by atoms with Gasteiger partial charge < -0.3 is 20.9 Å². The normalized spacial score (nSPS) is 23.3. The van der Waals surface area contributed by atoms with Crippen molar-refractivity contribution in [2.75, 3.05) is 31.7 Å². The summed E-state index contributed by atoms with van der Waals surface area (Å²) < 4.78 is 26.8. The number of hydrogen-bond donors (Lipinski definition) is 3. The molecule has 3 heterocycles. The number of sulfonamides is 1. The second-order valence-electron chi connectivity index (χ2n) is 11.5. The van der Waals surface area contributed by atoms with Gasteiger partial charge in [0, 0.05) is 36.9 Å². The van der Waals surface area contributed by atoms with Crippen molar-refractivity contribution in [2.45, 2.75) is 58.3 Å². The minimum atomic E-state index is -3.63. The number of hydrogen-bond acceptors (Lipinski definition) is 7. The van der Waals surface area contributed by atoms with Gasteiger partial charge in [0.2, 0.25) is 27.7 Å². The smallest absolute Gasteiger partial charge is 0.246 e. The number of nitrogens with zero attached hydrogens (tertiary/aromatic N) is 3. The Morgan fingerprint density at radius 3 is 2.51 bits per heavy atom. The van der Waals surface area contributed by atoms with Crippen molar-refractivity contribution in [3.63, 3.8) is 0 Å². The molecule has 5 atom stereocenters. The van der Waals surface area contributed by atoms with Gasteiger partial charge in [0.05, 0.1) is 29.9 Å². The molecular weight excluding hydrogens is 520 g/mol. The minimum absolute atomic E-state index is 0.0316. The van der Waals surface area contributed by atoms with E-state index in [4.69, 9.17) is 0 Å². The maximum Gasteiger partial charge on any atom is 0.246 e. The number of anilines is 1. The van der Waals surface area contributed by atoms with Gasteiger partial charge in [-0.15, -0.1) is 0 Å². The lowest BCUT2D eigenvalue weighted by atomic mass is 9.85. The van der Waals surface area contributed by atoms with Crippen LogP contribution < -0.4 is 16.0 Å². The van der Waals surface area contributed by atoms with E-state index in [0.29, 0.717) is 12.1 Å². The zero-order valence-corrected chi connectivity index (χ0v) is 24.1. The Hall–Kier alpha value is -3.09. The van der Waals surface area contributed by atoms with Gasteiger partial charge in [-0.05, 0) is 43.3 Å². The summed E-state index contributed by atoms with van der Waals surface area (Å²) in [6.45, 7) is 7.55. The van der Waals surface area contributed by atoms with Crippen molar-refractivity contribution in [1.82, 2.24) is 24.8 Å². The van der Waals surface area contributed by atoms with E-state index < -0.39 is 45.5 Å². The van der Waals surface area contributed by atoms with Crippen LogP contribution in [0.4, 0.5) is 5.69 Å². The summed E-state index contributed by atoms with van der Waals surface area (Å²) in [7, 11) is -1.97. The number of likely N-dealkylation sites (tertiary alicyclic amines) is 1. The predicted octanol–water partition coefficient (Wildman–Crippen LogP) is 1.17. The van der Waals surface area contributed by atoms with Crippen LogP contribution in [0.15, 0.2) is 36.7 Å². The van der Waals surface area contributed by atoms with Gasteiger partial charge in [-0.3, -0.25) is 19.4 Å². The van der Waals surface area contributed by atoms with E-state index in [1.807, 2.05) is 39.0 Å². The molecule has 0 radical (unpaired) electrons. The zero-order chi connectivity index (χ0) is 28.7. The van der Waals surface area contributed by atoms with Gasteiger partial charge in [0.15, 0.2) is 0 Å². The second kappa shape index (κ2) is 10.8. The van der Waals surface area contributed by atoms with Crippen molar-refractivity contribution >= 4 is 44.2 Å². The maximum atomic E-state index is 14.0. The zero-order valence-electron chi connectivity index (χ0n) is 23.3. The molecule has 11 nitrogen and oxygen atoms in total. The molecule has 5 unspecified atom stereocenters. The molecule has 1 aromatic heterocycles. The number of benzene rings is 1. The summed E-state index contributed by atoms with van der Waals surface area (Å²) in [5.41, 5.74) is -0.0575. The highest BCUT2D eigenvalue weighted by Gasteiger charge is 2.56. The molecule has 39 heavy (non-hydrogen) atoms. The summed E-state index contributed by atoms with van der Waals surface area (Å²) in [5, 5.41) is 10.4. The number of rotatable bonds is 7. The molecule has 0 saturated carbocycles. The molecule has 2 fully saturated rings. The third-order valence-corrected chi connectivity index (χ3v) is 9.06. The van der Waals surface area contributed by atoms with E-state index in [-0.39, 0.29) is 30.8 Å². The second-order valence-corrected chi connectivity index (χ2v) is 13.5. The summed E-state index contributed by atoms with van der Waals surface area (Å²) in [4.78, 5) is 46.3. The monoisotopic (exact) mass is 558 g/mol. The number of aromatic nitrogens is 1. The fraction of sp³-hybridized carbons (Fsp3) is 0.556. The number of carbonyl (C=O) groups is 3. The van der Waals surface area contributed by atoms with Gasteiger partial charge >= 0.3 is 0 Å². The van der Waals surface area contributed by atoms with Gasteiger partial charge in [0.25, 0.3) is 0 Å². The van der Waals surface area contributed by atoms with E-state index in [9.17, 15) is 22.8 Å². The molecular formula is C27H38N6O5S. The van der Waals surface area contributed by atoms with Crippen LogP contribution >= 0.6 is 0 Å².